The van der Waals surface area contributed by atoms with Gasteiger partial charge in [-0.15, -0.1) is 0 Å². The van der Waals surface area contributed by atoms with Crippen LogP contribution in [-0.2, 0) is 47.4 Å². The zero-order chi connectivity index (χ0) is 35.9. The van der Waals surface area contributed by atoms with Crippen LogP contribution in [0.15, 0.2) is 24.3 Å². The number of fused-ring (bicyclic) bond motifs is 6. The van der Waals surface area contributed by atoms with Crippen LogP contribution >= 0.6 is 0 Å². The second-order valence-corrected chi connectivity index (χ2v) is 17.6. The van der Waals surface area contributed by atoms with Gasteiger partial charge in [-0.25, -0.2) is 0 Å². The topological polar surface area (TPSA) is 120 Å². The summed E-state index contributed by atoms with van der Waals surface area (Å²) >= 11 is 0. The van der Waals surface area contributed by atoms with E-state index in [1.54, 1.807) is 7.11 Å². The van der Waals surface area contributed by atoms with Crippen LogP contribution in [0.1, 0.15) is 104 Å². The molecule has 0 saturated carbocycles. The number of ketones is 1. The molecule has 0 amide bonds. The van der Waals surface area contributed by atoms with Crippen LogP contribution in [0.2, 0.25) is 0 Å². The molecule has 10 saturated heterocycles. The SMILES string of the molecule is C=C1C2CC3O[C@H](C[C@H](O)CC)[C@H](OC)[C@H]3CC(=O)C[C@H]3CC[C@@H]4O[C@@H]5[C@H]6O[C@@H]7C[C@](CC[C@H]8CC(=C)[C@H](CC[C@@H](C[C@H]1C)O2)O8)(O[C@H]6[C@H]4O3)O[C@H]57. The molecule has 290 valence electrons. The summed E-state index contributed by atoms with van der Waals surface area (Å²) in [5.74, 6) is -0.530. The van der Waals surface area contributed by atoms with Crippen LogP contribution in [0.3, 0.4) is 0 Å². The van der Waals surface area contributed by atoms with Gasteiger partial charge in [-0.3, -0.25) is 4.79 Å². The van der Waals surface area contributed by atoms with Gasteiger partial charge in [0.25, 0.3) is 0 Å². The number of carbonyl (C=O) groups excluding carboxylic acids is 1. The Labute approximate surface area is 308 Å². The summed E-state index contributed by atoms with van der Waals surface area (Å²) in [6, 6.07) is 0. The highest BCUT2D eigenvalue weighted by Crippen LogP contribution is 2.54. The molecule has 10 aliphatic rings. The standard InChI is InChI=1S/C41H60O11/c1-6-23(42)17-33-35(44-5)28-16-24(43)15-26-8-10-30-36(47-26)40-39-38(49-30)37-34(50-39)19-41(51-37,52-40)12-11-27-14-21(3)29(45-27)9-7-25-13-20(2)22(4)31(46-25)18-32(28)48-33/h20,23,25-40,42H,3-4,6-19H2,1-2,5H3/t20-,23-,25+,26-,27+,28+,29+,30+,31?,32?,33-,34-,35-,36+,37+,38+,39-,40+,41+/m1/s1. The zero-order valence-corrected chi connectivity index (χ0v) is 31.2. The lowest BCUT2D eigenvalue weighted by atomic mass is 9.81. The van der Waals surface area contributed by atoms with Crippen LogP contribution in [0.4, 0.5) is 0 Å². The van der Waals surface area contributed by atoms with E-state index in [4.69, 9.17) is 42.6 Å². The first-order valence-electron chi connectivity index (χ1n) is 20.5. The van der Waals surface area contributed by atoms with Crippen molar-refractivity contribution < 1.29 is 52.5 Å². The van der Waals surface area contributed by atoms with Crippen molar-refractivity contribution in [2.24, 2.45) is 11.8 Å². The molecular formula is C41H60O11. The minimum atomic E-state index is -0.772. The Kier molecular flexibility index (Phi) is 10.0. The number of carbonyl (C=O) groups is 1. The predicted molar refractivity (Wildman–Crippen MR) is 187 cm³/mol. The van der Waals surface area contributed by atoms with Gasteiger partial charge in [0.15, 0.2) is 5.79 Å². The van der Waals surface area contributed by atoms with Gasteiger partial charge in [0.1, 0.15) is 36.3 Å². The molecule has 19 atom stereocenters. The fraction of sp³-hybridized carbons (Fsp3) is 0.878. The Morgan fingerprint density at radius 3 is 2.37 bits per heavy atom. The molecule has 1 N–H and O–H groups in total. The lowest BCUT2D eigenvalue weighted by Gasteiger charge is -2.47. The van der Waals surface area contributed by atoms with E-state index < -0.39 is 11.9 Å². The van der Waals surface area contributed by atoms with E-state index in [1.165, 1.54) is 0 Å². The van der Waals surface area contributed by atoms with E-state index in [0.29, 0.717) is 50.9 Å². The number of aliphatic hydroxyl groups is 1. The summed E-state index contributed by atoms with van der Waals surface area (Å²) in [5, 5.41) is 10.7. The van der Waals surface area contributed by atoms with Crippen LogP contribution in [0, 0.1) is 11.8 Å². The van der Waals surface area contributed by atoms with E-state index in [2.05, 4.69) is 20.1 Å². The molecule has 10 fully saturated rings. The molecule has 0 aromatic heterocycles. The van der Waals surface area contributed by atoms with Crippen molar-refractivity contribution in [3.8, 4) is 0 Å². The molecule has 11 nitrogen and oxygen atoms in total. The summed E-state index contributed by atoms with van der Waals surface area (Å²) in [4.78, 5) is 14.1. The maximum Gasteiger partial charge on any atom is 0.172 e. The molecule has 0 aromatic rings. The molecule has 10 heterocycles. The number of ether oxygens (including phenoxy) is 9. The van der Waals surface area contributed by atoms with Gasteiger partial charge >= 0.3 is 0 Å². The maximum atomic E-state index is 14.1. The number of hydrogen-bond acceptors (Lipinski definition) is 11. The smallest absolute Gasteiger partial charge is 0.172 e. The highest BCUT2D eigenvalue weighted by molar-refractivity contribution is 5.79. The number of methoxy groups -OCH3 is 1. The summed E-state index contributed by atoms with van der Waals surface area (Å²) in [6.07, 6.45) is 6.32. The van der Waals surface area contributed by atoms with Crippen molar-refractivity contribution in [1.82, 2.24) is 0 Å². The van der Waals surface area contributed by atoms with E-state index in [0.717, 1.165) is 56.1 Å². The molecule has 0 aromatic carbocycles. The number of aliphatic hydroxyl groups excluding tert-OH is 1. The molecule has 10 aliphatic heterocycles. The van der Waals surface area contributed by atoms with Crippen LogP contribution in [-0.4, -0.2) is 121 Å². The Balaban J connectivity index is 0.994. The Bertz CT molecular complexity index is 1370. The summed E-state index contributed by atoms with van der Waals surface area (Å²) in [5.41, 5.74) is 2.23. The van der Waals surface area contributed by atoms with Gasteiger partial charge < -0.3 is 47.7 Å². The second-order valence-electron chi connectivity index (χ2n) is 17.6. The fourth-order valence-electron chi connectivity index (χ4n) is 11.4. The summed E-state index contributed by atoms with van der Waals surface area (Å²) in [7, 11) is 1.69. The third kappa shape index (κ3) is 6.60. The molecule has 10 rings (SSSR count). The average molecular weight is 729 g/mol. The molecule has 0 aliphatic carbocycles. The van der Waals surface area contributed by atoms with E-state index in [9.17, 15) is 9.90 Å². The van der Waals surface area contributed by atoms with Crippen molar-refractivity contribution in [2.75, 3.05) is 7.11 Å². The van der Waals surface area contributed by atoms with Gasteiger partial charge in [-0.2, -0.15) is 0 Å². The van der Waals surface area contributed by atoms with Gasteiger partial charge in [0.2, 0.25) is 0 Å². The molecule has 1 spiro atoms. The molecular weight excluding hydrogens is 668 g/mol. The first-order valence-corrected chi connectivity index (χ1v) is 20.5. The molecule has 11 heteroatoms. The minimum absolute atomic E-state index is 0.00556. The summed E-state index contributed by atoms with van der Waals surface area (Å²) in [6.45, 7) is 13.1. The van der Waals surface area contributed by atoms with E-state index in [-0.39, 0.29) is 103 Å². The van der Waals surface area contributed by atoms with Crippen molar-refractivity contribution >= 4 is 5.78 Å². The van der Waals surface area contributed by atoms with Crippen LogP contribution in [0.5, 0.6) is 0 Å². The average Bonchev–Trinajstić information content (AvgIpc) is 3.79. The first kappa shape index (κ1) is 36.4. The van der Waals surface area contributed by atoms with Crippen molar-refractivity contribution in [2.45, 2.75) is 207 Å². The highest BCUT2D eigenvalue weighted by atomic mass is 16.8. The quantitative estimate of drug-likeness (QED) is 0.399. The number of rotatable bonds is 4. The Hall–Kier alpha value is -1.25. The highest BCUT2D eigenvalue weighted by Gasteiger charge is 2.68. The summed E-state index contributed by atoms with van der Waals surface area (Å²) < 4.78 is 60.2. The van der Waals surface area contributed by atoms with Crippen molar-refractivity contribution in [3.63, 3.8) is 0 Å². The molecule has 12 bridgehead atoms. The van der Waals surface area contributed by atoms with Crippen molar-refractivity contribution in [3.05, 3.63) is 24.3 Å². The lowest BCUT2D eigenvalue weighted by molar-refractivity contribution is -0.292. The van der Waals surface area contributed by atoms with Gasteiger partial charge in [0, 0.05) is 51.6 Å². The number of Topliss-reactive ketones (excluding diaryl/α,β-unsaturated/α-hetero) is 1. The largest absolute Gasteiger partial charge is 0.393 e. The third-order valence-electron chi connectivity index (χ3n) is 14.2. The Morgan fingerprint density at radius 2 is 1.54 bits per heavy atom. The second kappa shape index (κ2) is 14.4. The lowest BCUT2D eigenvalue weighted by Crippen LogP contribution is -2.61. The first-order chi connectivity index (χ1) is 25.1. The minimum Gasteiger partial charge on any atom is -0.393 e. The van der Waals surface area contributed by atoms with E-state index >= 15 is 0 Å². The van der Waals surface area contributed by atoms with Gasteiger partial charge in [-0.05, 0) is 68.4 Å². The normalized spacial score (nSPS) is 52.4. The maximum absolute atomic E-state index is 14.1. The molecule has 2 unspecified atom stereocenters. The fourth-order valence-corrected chi connectivity index (χ4v) is 11.4. The van der Waals surface area contributed by atoms with Crippen LogP contribution < -0.4 is 0 Å². The van der Waals surface area contributed by atoms with Gasteiger partial charge in [0.05, 0.1) is 67.1 Å². The van der Waals surface area contributed by atoms with Gasteiger partial charge in [-0.1, -0.05) is 27.0 Å². The molecule has 0 radical (unpaired) electrons. The van der Waals surface area contributed by atoms with Crippen molar-refractivity contribution in [1.29, 1.82) is 0 Å². The monoisotopic (exact) mass is 728 g/mol. The van der Waals surface area contributed by atoms with Crippen LogP contribution in [0.25, 0.3) is 0 Å². The predicted octanol–water partition coefficient (Wildman–Crippen LogP) is 4.89. The number of hydrogen-bond donors (Lipinski definition) is 1. The third-order valence-corrected chi connectivity index (χ3v) is 14.2. The zero-order valence-electron chi connectivity index (χ0n) is 31.2. The molecule has 52 heavy (non-hydrogen) atoms. The van der Waals surface area contributed by atoms with E-state index in [1.807, 2.05) is 6.92 Å². The Morgan fingerprint density at radius 1 is 0.788 bits per heavy atom.